The van der Waals surface area contributed by atoms with E-state index in [1.807, 2.05) is 12.1 Å². The number of hydrogen-bond acceptors (Lipinski definition) is 3. The number of H-pyrrole nitrogens is 1. The first kappa shape index (κ1) is 19.0. The molecule has 0 radical (unpaired) electrons. The molecule has 0 bridgehead atoms. The molecule has 0 aliphatic heterocycles. The van der Waals surface area contributed by atoms with Gasteiger partial charge in [0.1, 0.15) is 11.6 Å². The largest absolute Gasteiger partial charge is 0.489 e. The number of aromatic nitrogens is 1. The Hall–Kier alpha value is -2.37. The van der Waals surface area contributed by atoms with E-state index in [1.165, 1.54) is 12.1 Å². The third kappa shape index (κ3) is 3.91. The van der Waals surface area contributed by atoms with E-state index >= 15 is 0 Å². The molecular formula is C22H22ClFN2O2. The number of hydrogen-bond donors (Lipinski definition) is 2. The van der Waals surface area contributed by atoms with E-state index in [1.54, 1.807) is 24.4 Å². The Bertz CT molecular complexity index is 1030. The standard InChI is InChI=1S/C22H22ClFN2O2/c23-19-12-18-15(9-10-26-22(18)27)11-20(19)28-17-7-3-14(4-8-17)21(25)13-1-5-16(24)6-2-13/h1-2,5-6,9-12,14,17,21H,3-4,7-8,25H2,(H,26,27)/t14?,17?,21-/m1/s1. The lowest BCUT2D eigenvalue weighted by molar-refractivity contribution is 0.123. The van der Waals surface area contributed by atoms with Crippen molar-refractivity contribution in [3.05, 3.63) is 75.4 Å². The molecule has 0 unspecified atom stereocenters. The first-order chi connectivity index (χ1) is 13.5. The molecule has 0 spiro atoms. The van der Waals surface area contributed by atoms with Gasteiger partial charge in [-0.05, 0) is 72.9 Å². The van der Waals surface area contributed by atoms with Crippen LogP contribution in [0.4, 0.5) is 4.39 Å². The van der Waals surface area contributed by atoms with Crippen molar-refractivity contribution in [3.8, 4) is 5.75 Å². The lowest BCUT2D eigenvalue weighted by atomic mass is 9.80. The van der Waals surface area contributed by atoms with E-state index in [0.717, 1.165) is 36.6 Å². The molecule has 2 aromatic carbocycles. The molecule has 4 nitrogen and oxygen atoms in total. The molecule has 0 saturated heterocycles. The second-order valence-corrected chi connectivity index (χ2v) is 7.82. The van der Waals surface area contributed by atoms with Crippen molar-refractivity contribution in [2.24, 2.45) is 11.7 Å². The quantitative estimate of drug-likeness (QED) is 0.650. The monoisotopic (exact) mass is 400 g/mol. The number of ether oxygens (including phenoxy) is 1. The van der Waals surface area contributed by atoms with Gasteiger partial charge in [-0.2, -0.15) is 0 Å². The molecular weight excluding hydrogens is 379 g/mol. The summed E-state index contributed by atoms with van der Waals surface area (Å²) in [5.74, 6) is 0.698. The van der Waals surface area contributed by atoms with Gasteiger partial charge in [0.2, 0.25) is 0 Å². The van der Waals surface area contributed by atoms with Crippen LogP contribution < -0.4 is 16.0 Å². The summed E-state index contributed by atoms with van der Waals surface area (Å²) in [6.45, 7) is 0. The van der Waals surface area contributed by atoms with E-state index in [2.05, 4.69) is 4.98 Å². The Morgan fingerprint density at radius 1 is 1.11 bits per heavy atom. The molecule has 6 heteroatoms. The number of halogens is 2. The van der Waals surface area contributed by atoms with Crippen LogP contribution in [-0.4, -0.2) is 11.1 Å². The fourth-order valence-corrected chi connectivity index (χ4v) is 4.19. The summed E-state index contributed by atoms with van der Waals surface area (Å²) < 4.78 is 19.3. The third-order valence-electron chi connectivity index (χ3n) is 5.60. The van der Waals surface area contributed by atoms with Gasteiger partial charge in [0.25, 0.3) is 5.56 Å². The molecule has 1 atom stereocenters. The van der Waals surface area contributed by atoms with Gasteiger partial charge in [-0.3, -0.25) is 4.79 Å². The average Bonchev–Trinajstić information content (AvgIpc) is 2.70. The van der Waals surface area contributed by atoms with Crippen LogP contribution >= 0.6 is 11.6 Å². The average molecular weight is 401 g/mol. The van der Waals surface area contributed by atoms with Crippen LogP contribution in [0.1, 0.15) is 37.3 Å². The van der Waals surface area contributed by atoms with Crippen LogP contribution in [0, 0.1) is 11.7 Å². The summed E-state index contributed by atoms with van der Waals surface area (Å²) in [5, 5.41) is 1.79. The normalized spacial score (nSPS) is 20.8. The van der Waals surface area contributed by atoms with Crippen LogP contribution in [-0.2, 0) is 0 Å². The lowest BCUT2D eigenvalue weighted by Crippen LogP contribution is -2.30. The van der Waals surface area contributed by atoms with Gasteiger partial charge in [0, 0.05) is 17.6 Å². The van der Waals surface area contributed by atoms with Crippen LogP contribution in [0.2, 0.25) is 5.02 Å². The van der Waals surface area contributed by atoms with Crippen molar-refractivity contribution < 1.29 is 9.13 Å². The summed E-state index contributed by atoms with van der Waals surface area (Å²) >= 11 is 6.34. The van der Waals surface area contributed by atoms with Crippen molar-refractivity contribution in [3.63, 3.8) is 0 Å². The lowest BCUT2D eigenvalue weighted by Gasteiger charge is -2.32. The zero-order chi connectivity index (χ0) is 19.7. The van der Waals surface area contributed by atoms with E-state index in [4.69, 9.17) is 22.1 Å². The predicted octanol–water partition coefficient (Wildman–Crippen LogP) is 4.96. The highest BCUT2D eigenvalue weighted by Gasteiger charge is 2.28. The minimum Gasteiger partial charge on any atom is -0.489 e. The number of aromatic amines is 1. The van der Waals surface area contributed by atoms with Gasteiger partial charge in [0.05, 0.1) is 11.1 Å². The molecule has 1 aromatic heterocycles. The van der Waals surface area contributed by atoms with Crippen molar-refractivity contribution in [2.45, 2.75) is 37.8 Å². The van der Waals surface area contributed by atoms with E-state index < -0.39 is 0 Å². The molecule has 1 aliphatic rings. The maximum Gasteiger partial charge on any atom is 0.255 e. The molecule has 28 heavy (non-hydrogen) atoms. The van der Waals surface area contributed by atoms with Crippen molar-refractivity contribution in [1.82, 2.24) is 4.98 Å². The van der Waals surface area contributed by atoms with E-state index in [9.17, 15) is 9.18 Å². The van der Waals surface area contributed by atoms with Crippen LogP contribution in [0.3, 0.4) is 0 Å². The SMILES string of the molecule is N[C@H](c1ccc(F)cc1)C1CCC(Oc2cc3cc[nH]c(=O)c3cc2Cl)CC1. The topological polar surface area (TPSA) is 68.1 Å². The van der Waals surface area contributed by atoms with E-state index in [0.29, 0.717) is 22.1 Å². The number of nitrogens with two attached hydrogens (primary N) is 1. The minimum atomic E-state index is -0.248. The minimum absolute atomic E-state index is 0.0635. The Morgan fingerprint density at radius 3 is 2.54 bits per heavy atom. The van der Waals surface area contributed by atoms with Crippen molar-refractivity contribution in [2.75, 3.05) is 0 Å². The third-order valence-corrected chi connectivity index (χ3v) is 5.90. The highest BCUT2D eigenvalue weighted by Crippen LogP contribution is 2.36. The van der Waals surface area contributed by atoms with Gasteiger partial charge >= 0.3 is 0 Å². The number of pyridine rings is 1. The van der Waals surface area contributed by atoms with Gasteiger partial charge in [0.15, 0.2) is 0 Å². The Morgan fingerprint density at radius 2 is 1.82 bits per heavy atom. The van der Waals surface area contributed by atoms with Gasteiger partial charge in [-0.25, -0.2) is 4.39 Å². The number of rotatable bonds is 4. The molecule has 1 heterocycles. The van der Waals surface area contributed by atoms with Gasteiger partial charge < -0.3 is 15.5 Å². The fourth-order valence-electron chi connectivity index (χ4n) is 3.98. The molecule has 146 valence electrons. The second kappa shape index (κ2) is 7.94. The van der Waals surface area contributed by atoms with Crippen molar-refractivity contribution >= 4 is 22.4 Å². The van der Waals surface area contributed by atoms with Crippen LogP contribution in [0.25, 0.3) is 10.8 Å². The maximum absolute atomic E-state index is 13.1. The van der Waals surface area contributed by atoms with Gasteiger partial charge in [-0.15, -0.1) is 0 Å². The molecule has 1 fully saturated rings. The maximum atomic E-state index is 13.1. The number of benzene rings is 2. The molecule has 1 aliphatic carbocycles. The number of nitrogens with one attached hydrogen (secondary N) is 1. The summed E-state index contributed by atoms with van der Waals surface area (Å²) in [6.07, 6.45) is 5.31. The van der Waals surface area contributed by atoms with Gasteiger partial charge in [-0.1, -0.05) is 23.7 Å². The zero-order valence-corrected chi connectivity index (χ0v) is 16.1. The smallest absolute Gasteiger partial charge is 0.255 e. The first-order valence-electron chi connectivity index (χ1n) is 9.50. The second-order valence-electron chi connectivity index (χ2n) is 7.41. The molecule has 4 rings (SSSR count). The summed E-state index contributed by atoms with van der Waals surface area (Å²) in [7, 11) is 0. The summed E-state index contributed by atoms with van der Waals surface area (Å²) in [5.41, 5.74) is 7.20. The van der Waals surface area contributed by atoms with Crippen LogP contribution in [0.5, 0.6) is 5.75 Å². The predicted molar refractivity (Wildman–Crippen MR) is 109 cm³/mol. The Balaban J connectivity index is 1.42. The molecule has 1 saturated carbocycles. The molecule has 3 aromatic rings. The molecule has 3 N–H and O–H groups in total. The number of fused-ring (bicyclic) bond motifs is 1. The Kier molecular flexibility index (Phi) is 5.38. The summed E-state index contributed by atoms with van der Waals surface area (Å²) in [4.78, 5) is 14.5. The zero-order valence-electron chi connectivity index (χ0n) is 15.3. The fraction of sp³-hybridized carbons (Fsp3) is 0.318. The summed E-state index contributed by atoms with van der Waals surface area (Å²) in [6, 6.07) is 11.6. The highest BCUT2D eigenvalue weighted by atomic mass is 35.5. The van der Waals surface area contributed by atoms with Crippen molar-refractivity contribution in [1.29, 1.82) is 0 Å². The highest BCUT2D eigenvalue weighted by molar-refractivity contribution is 6.32. The van der Waals surface area contributed by atoms with E-state index in [-0.39, 0.29) is 23.5 Å². The van der Waals surface area contributed by atoms with Crippen LogP contribution in [0.15, 0.2) is 53.5 Å². The Labute approximate surface area is 167 Å². The molecule has 0 amide bonds. The first-order valence-corrected chi connectivity index (χ1v) is 9.87.